The minimum atomic E-state index is -0.390. The molecule has 2 aromatic rings. The second-order valence-electron chi connectivity index (χ2n) is 4.16. The van der Waals surface area contributed by atoms with Gasteiger partial charge in [-0.15, -0.1) is 0 Å². The fourth-order valence-electron chi connectivity index (χ4n) is 1.78. The first-order valence-corrected chi connectivity index (χ1v) is 6.58. The monoisotopic (exact) mass is 295 g/mol. The van der Waals surface area contributed by atoms with E-state index in [1.165, 1.54) is 12.1 Å². The van der Waals surface area contributed by atoms with E-state index in [-0.39, 0.29) is 5.02 Å². The van der Waals surface area contributed by atoms with E-state index < -0.39 is 5.82 Å². The smallest absolute Gasteiger partial charge is 0.163 e. The molecule has 1 heterocycles. The molecule has 4 nitrogen and oxygen atoms in total. The van der Waals surface area contributed by atoms with Crippen molar-refractivity contribution >= 4 is 17.4 Å². The minimum Gasteiger partial charge on any atom is -0.378 e. The maximum absolute atomic E-state index is 13.1. The minimum absolute atomic E-state index is 0.280. The van der Waals surface area contributed by atoms with Crippen molar-refractivity contribution < 1.29 is 9.13 Å². The molecule has 1 aromatic carbocycles. The predicted octanol–water partition coefficient (Wildman–Crippen LogP) is 3.51. The number of hydrogen-bond acceptors (Lipinski definition) is 4. The third-order valence-electron chi connectivity index (χ3n) is 2.60. The lowest BCUT2D eigenvalue weighted by atomic mass is 10.2. The summed E-state index contributed by atoms with van der Waals surface area (Å²) < 4.78 is 18.2. The van der Waals surface area contributed by atoms with Crippen molar-refractivity contribution in [2.75, 3.05) is 19.0 Å². The van der Waals surface area contributed by atoms with Gasteiger partial charge in [0.15, 0.2) is 5.82 Å². The molecule has 2 rings (SSSR count). The Morgan fingerprint density at radius 2 is 2.10 bits per heavy atom. The molecule has 0 unspecified atom stereocenters. The molecule has 0 amide bonds. The van der Waals surface area contributed by atoms with Gasteiger partial charge >= 0.3 is 0 Å². The zero-order valence-electron chi connectivity index (χ0n) is 11.3. The van der Waals surface area contributed by atoms with Crippen molar-refractivity contribution in [3.63, 3.8) is 0 Å². The van der Waals surface area contributed by atoms with E-state index in [9.17, 15) is 4.39 Å². The quantitative estimate of drug-likeness (QED) is 0.917. The molecule has 0 aliphatic heterocycles. The molecule has 1 N–H and O–H groups in total. The van der Waals surface area contributed by atoms with Crippen LogP contribution in [-0.2, 0) is 11.3 Å². The average Bonchev–Trinajstić information content (AvgIpc) is 2.39. The summed E-state index contributed by atoms with van der Waals surface area (Å²) in [5.74, 6) is 0.740. The summed E-state index contributed by atoms with van der Waals surface area (Å²) in [4.78, 5) is 8.76. The number of methoxy groups -OCH3 is 1. The Hall–Kier alpha value is -1.72. The first-order chi connectivity index (χ1) is 9.63. The Balaban J connectivity index is 2.48. The van der Waals surface area contributed by atoms with Crippen LogP contribution in [0.2, 0.25) is 5.02 Å². The molecule has 0 aliphatic carbocycles. The molecule has 0 spiro atoms. The highest BCUT2D eigenvalue weighted by atomic mass is 35.5. The Labute approximate surface area is 122 Å². The largest absolute Gasteiger partial charge is 0.378 e. The lowest BCUT2D eigenvalue weighted by molar-refractivity contribution is 0.181. The van der Waals surface area contributed by atoms with Crippen LogP contribution in [0, 0.1) is 5.82 Å². The highest BCUT2D eigenvalue weighted by Crippen LogP contribution is 2.27. The van der Waals surface area contributed by atoms with Crippen LogP contribution in [0.25, 0.3) is 11.4 Å². The van der Waals surface area contributed by atoms with Gasteiger partial charge in [-0.2, -0.15) is 0 Å². The Morgan fingerprint density at radius 3 is 2.75 bits per heavy atom. The summed E-state index contributed by atoms with van der Waals surface area (Å²) in [6.45, 7) is 3.08. The van der Waals surface area contributed by atoms with Crippen LogP contribution in [-0.4, -0.2) is 23.6 Å². The Kier molecular flexibility index (Phi) is 4.87. The molecule has 106 valence electrons. The van der Waals surface area contributed by atoms with Gasteiger partial charge in [-0.05, 0) is 25.1 Å². The van der Waals surface area contributed by atoms with Crippen LogP contribution in [0.4, 0.5) is 10.2 Å². The topological polar surface area (TPSA) is 47.0 Å². The Bertz CT molecular complexity index is 583. The highest BCUT2D eigenvalue weighted by Gasteiger charge is 2.11. The van der Waals surface area contributed by atoms with Crippen molar-refractivity contribution in [2.45, 2.75) is 13.5 Å². The van der Waals surface area contributed by atoms with E-state index in [4.69, 9.17) is 16.3 Å². The summed E-state index contributed by atoms with van der Waals surface area (Å²) in [5, 5.41) is 3.40. The third kappa shape index (κ3) is 3.43. The fraction of sp³-hybridized carbons (Fsp3) is 0.286. The summed E-state index contributed by atoms with van der Waals surface area (Å²) in [6.07, 6.45) is 0. The van der Waals surface area contributed by atoms with E-state index in [1.807, 2.05) is 13.0 Å². The number of aromatic nitrogens is 2. The van der Waals surface area contributed by atoms with Crippen LogP contribution in [0.1, 0.15) is 12.6 Å². The molecular formula is C14H15ClFN3O. The van der Waals surface area contributed by atoms with Crippen LogP contribution in [0.3, 0.4) is 0 Å². The zero-order chi connectivity index (χ0) is 14.5. The van der Waals surface area contributed by atoms with Gasteiger partial charge in [0.1, 0.15) is 11.6 Å². The lowest BCUT2D eigenvalue weighted by Crippen LogP contribution is -2.05. The maximum atomic E-state index is 13.1. The van der Waals surface area contributed by atoms with E-state index in [2.05, 4.69) is 15.3 Å². The maximum Gasteiger partial charge on any atom is 0.163 e. The second kappa shape index (κ2) is 6.63. The number of nitrogens with zero attached hydrogens (tertiary/aromatic N) is 2. The van der Waals surface area contributed by atoms with Crippen LogP contribution in [0.15, 0.2) is 24.3 Å². The molecule has 6 heteroatoms. The van der Waals surface area contributed by atoms with Gasteiger partial charge in [0.25, 0.3) is 0 Å². The lowest BCUT2D eigenvalue weighted by Gasteiger charge is -2.09. The summed E-state index contributed by atoms with van der Waals surface area (Å²) in [6, 6.07) is 5.96. The molecule has 0 aliphatic rings. The summed E-state index contributed by atoms with van der Waals surface area (Å²) in [7, 11) is 1.60. The van der Waals surface area contributed by atoms with E-state index >= 15 is 0 Å². The van der Waals surface area contributed by atoms with Gasteiger partial charge in [0.05, 0.1) is 17.3 Å². The number of nitrogens with one attached hydrogen (secondary N) is 1. The van der Waals surface area contributed by atoms with Crippen LogP contribution < -0.4 is 5.32 Å². The third-order valence-corrected chi connectivity index (χ3v) is 2.91. The fourth-order valence-corrected chi connectivity index (χ4v) is 2.03. The van der Waals surface area contributed by atoms with Gasteiger partial charge < -0.3 is 10.1 Å². The number of halogens is 2. The van der Waals surface area contributed by atoms with Gasteiger partial charge in [-0.1, -0.05) is 11.6 Å². The molecule has 0 saturated heterocycles. The molecule has 0 bridgehead atoms. The van der Waals surface area contributed by atoms with Crippen LogP contribution >= 0.6 is 11.6 Å². The predicted molar refractivity (Wildman–Crippen MR) is 77.3 cm³/mol. The molecule has 0 radical (unpaired) electrons. The SMILES string of the molecule is CCNc1cc(COC)nc(-c2ccc(F)cc2Cl)n1. The molecule has 1 aromatic heterocycles. The first-order valence-electron chi connectivity index (χ1n) is 6.20. The van der Waals surface area contributed by atoms with Crippen molar-refractivity contribution in [1.29, 1.82) is 0 Å². The number of hydrogen-bond donors (Lipinski definition) is 1. The first kappa shape index (κ1) is 14.7. The van der Waals surface area contributed by atoms with Gasteiger partial charge in [0.2, 0.25) is 0 Å². The van der Waals surface area contributed by atoms with Crippen molar-refractivity contribution in [2.24, 2.45) is 0 Å². The van der Waals surface area contributed by atoms with E-state index in [1.54, 1.807) is 13.2 Å². The Morgan fingerprint density at radius 1 is 1.30 bits per heavy atom. The standard InChI is InChI=1S/C14H15ClFN3O/c1-3-17-13-7-10(8-20-2)18-14(19-13)11-5-4-9(16)6-12(11)15/h4-7H,3,8H2,1-2H3,(H,17,18,19). The van der Waals surface area contributed by atoms with Gasteiger partial charge in [-0.3, -0.25) is 0 Å². The van der Waals surface area contributed by atoms with Gasteiger partial charge in [-0.25, -0.2) is 14.4 Å². The zero-order valence-corrected chi connectivity index (χ0v) is 12.0. The van der Waals surface area contributed by atoms with Crippen LogP contribution in [0.5, 0.6) is 0 Å². The molecule has 0 fully saturated rings. The van der Waals surface area contributed by atoms with E-state index in [0.717, 1.165) is 12.2 Å². The average molecular weight is 296 g/mol. The normalized spacial score (nSPS) is 10.6. The highest BCUT2D eigenvalue weighted by molar-refractivity contribution is 6.33. The molecule has 0 atom stereocenters. The molecule has 20 heavy (non-hydrogen) atoms. The van der Waals surface area contributed by atoms with Gasteiger partial charge in [0, 0.05) is 25.3 Å². The second-order valence-corrected chi connectivity index (χ2v) is 4.56. The van der Waals surface area contributed by atoms with Crippen molar-refractivity contribution in [3.05, 3.63) is 40.8 Å². The molecule has 0 saturated carbocycles. The molecular weight excluding hydrogens is 281 g/mol. The summed E-state index contributed by atoms with van der Waals surface area (Å²) >= 11 is 6.05. The number of benzene rings is 1. The van der Waals surface area contributed by atoms with E-state index in [0.29, 0.717) is 23.8 Å². The number of rotatable bonds is 5. The number of anilines is 1. The number of ether oxygens (including phenoxy) is 1. The van der Waals surface area contributed by atoms with Crippen molar-refractivity contribution in [1.82, 2.24) is 9.97 Å². The van der Waals surface area contributed by atoms with Crippen molar-refractivity contribution in [3.8, 4) is 11.4 Å². The summed E-state index contributed by atoms with van der Waals surface area (Å²) in [5.41, 5.74) is 1.32.